The van der Waals surface area contributed by atoms with Gasteiger partial charge in [0.05, 0.1) is 0 Å². The number of benzene rings is 1. The first kappa shape index (κ1) is 18.7. The summed E-state index contributed by atoms with van der Waals surface area (Å²) in [5.41, 5.74) is 2.06. The van der Waals surface area contributed by atoms with E-state index in [2.05, 4.69) is 34.3 Å². The molecule has 0 unspecified atom stereocenters. The highest BCUT2D eigenvalue weighted by Crippen LogP contribution is 2.22. The van der Waals surface area contributed by atoms with Crippen LogP contribution < -0.4 is 10.2 Å². The fourth-order valence-corrected chi connectivity index (χ4v) is 3.68. The van der Waals surface area contributed by atoms with Crippen LogP contribution in [0.2, 0.25) is 0 Å². The van der Waals surface area contributed by atoms with E-state index >= 15 is 0 Å². The van der Waals surface area contributed by atoms with Crippen molar-refractivity contribution >= 4 is 23.2 Å². The summed E-state index contributed by atoms with van der Waals surface area (Å²) < 4.78 is 0. The molecule has 0 saturated carbocycles. The number of anilines is 2. The summed E-state index contributed by atoms with van der Waals surface area (Å²) in [5.74, 6) is 0.248. The molecule has 26 heavy (non-hydrogen) atoms. The van der Waals surface area contributed by atoms with E-state index in [0.717, 1.165) is 44.7 Å². The average Bonchev–Trinajstić information content (AvgIpc) is 2.69. The van der Waals surface area contributed by atoms with Crippen molar-refractivity contribution in [2.45, 2.75) is 26.2 Å². The summed E-state index contributed by atoms with van der Waals surface area (Å²) in [4.78, 5) is 30.8. The number of amides is 2. The van der Waals surface area contributed by atoms with Crippen LogP contribution in [0.4, 0.5) is 11.4 Å². The zero-order valence-electron chi connectivity index (χ0n) is 15.9. The van der Waals surface area contributed by atoms with Crippen LogP contribution in [-0.2, 0) is 9.59 Å². The molecule has 0 aliphatic carbocycles. The van der Waals surface area contributed by atoms with E-state index in [1.165, 1.54) is 5.69 Å². The van der Waals surface area contributed by atoms with Crippen LogP contribution in [0.25, 0.3) is 0 Å². The highest BCUT2D eigenvalue weighted by atomic mass is 16.2. The Morgan fingerprint density at radius 2 is 1.62 bits per heavy atom. The predicted octanol–water partition coefficient (Wildman–Crippen LogP) is 2.03. The van der Waals surface area contributed by atoms with Gasteiger partial charge in [0.25, 0.3) is 0 Å². The Bertz CT molecular complexity index is 615. The van der Waals surface area contributed by atoms with E-state index in [4.69, 9.17) is 0 Å². The van der Waals surface area contributed by atoms with Crippen LogP contribution in [0, 0.1) is 5.92 Å². The maximum absolute atomic E-state index is 12.5. The van der Waals surface area contributed by atoms with Crippen molar-refractivity contribution in [1.29, 1.82) is 0 Å². The Labute approximate surface area is 156 Å². The number of likely N-dealkylation sites (N-methyl/N-ethyl adjacent to an activating group) is 1. The van der Waals surface area contributed by atoms with Crippen molar-refractivity contribution in [1.82, 2.24) is 9.80 Å². The Morgan fingerprint density at radius 1 is 1.00 bits per heavy atom. The van der Waals surface area contributed by atoms with Gasteiger partial charge in [0.2, 0.25) is 11.8 Å². The number of hydrogen-bond donors (Lipinski definition) is 1. The van der Waals surface area contributed by atoms with Crippen molar-refractivity contribution in [2.24, 2.45) is 5.92 Å². The Morgan fingerprint density at radius 3 is 2.19 bits per heavy atom. The summed E-state index contributed by atoms with van der Waals surface area (Å²) >= 11 is 0. The van der Waals surface area contributed by atoms with E-state index in [1.54, 1.807) is 0 Å². The third-order valence-corrected chi connectivity index (χ3v) is 5.52. The minimum Gasteiger partial charge on any atom is -0.369 e. The van der Waals surface area contributed by atoms with E-state index in [9.17, 15) is 9.59 Å². The molecule has 2 saturated heterocycles. The molecule has 0 spiro atoms. The second-order valence-electron chi connectivity index (χ2n) is 7.34. The molecule has 2 amide bonds. The first-order chi connectivity index (χ1) is 12.6. The number of likely N-dealkylation sites (tertiary alicyclic amines) is 1. The van der Waals surface area contributed by atoms with Gasteiger partial charge in [0, 0.05) is 63.0 Å². The molecule has 0 aromatic heterocycles. The van der Waals surface area contributed by atoms with Gasteiger partial charge in [0.1, 0.15) is 0 Å². The topological polar surface area (TPSA) is 55.9 Å². The monoisotopic (exact) mass is 358 g/mol. The number of nitrogens with one attached hydrogen (secondary N) is 1. The SMILES string of the molecule is CCC(=O)N1CCC(C(=O)Nc2ccc(N3CCN(C)CC3)cc2)CC1. The van der Waals surface area contributed by atoms with E-state index in [0.29, 0.717) is 19.5 Å². The molecule has 3 rings (SSSR count). The van der Waals surface area contributed by atoms with Crippen LogP contribution in [0.3, 0.4) is 0 Å². The molecular formula is C20H30N4O2. The molecule has 1 N–H and O–H groups in total. The van der Waals surface area contributed by atoms with Crippen molar-refractivity contribution in [3.63, 3.8) is 0 Å². The van der Waals surface area contributed by atoms with Gasteiger partial charge < -0.3 is 20.0 Å². The van der Waals surface area contributed by atoms with Gasteiger partial charge >= 0.3 is 0 Å². The van der Waals surface area contributed by atoms with Crippen molar-refractivity contribution in [2.75, 3.05) is 56.5 Å². The molecular weight excluding hydrogens is 328 g/mol. The minimum absolute atomic E-state index is 0.00628. The number of nitrogens with zero attached hydrogens (tertiary/aromatic N) is 3. The first-order valence-corrected chi connectivity index (χ1v) is 9.69. The molecule has 6 heteroatoms. The van der Waals surface area contributed by atoms with Crippen LogP contribution in [0.15, 0.2) is 24.3 Å². The van der Waals surface area contributed by atoms with E-state index in [1.807, 2.05) is 24.0 Å². The maximum atomic E-state index is 12.5. The highest BCUT2D eigenvalue weighted by molar-refractivity contribution is 5.93. The van der Waals surface area contributed by atoms with E-state index in [-0.39, 0.29) is 17.7 Å². The number of hydrogen-bond acceptors (Lipinski definition) is 4. The summed E-state index contributed by atoms with van der Waals surface area (Å²) in [7, 11) is 2.15. The van der Waals surface area contributed by atoms with Crippen LogP contribution >= 0.6 is 0 Å². The largest absolute Gasteiger partial charge is 0.369 e. The van der Waals surface area contributed by atoms with Gasteiger partial charge in [-0.25, -0.2) is 0 Å². The number of piperazine rings is 1. The van der Waals surface area contributed by atoms with Gasteiger partial charge in [-0.2, -0.15) is 0 Å². The first-order valence-electron chi connectivity index (χ1n) is 9.69. The molecule has 2 aliphatic rings. The molecule has 0 atom stereocenters. The molecule has 0 radical (unpaired) electrons. The third kappa shape index (κ3) is 4.55. The molecule has 2 aliphatic heterocycles. The molecule has 1 aromatic carbocycles. The lowest BCUT2D eigenvalue weighted by atomic mass is 9.95. The summed E-state index contributed by atoms with van der Waals surface area (Å²) in [6, 6.07) is 8.15. The number of piperidine rings is 1. The van der Waals surface area contributed by atoms with Gasteiger partial charge in [-0.3, -0.25) is 9.59 Å². The number of carbonyl (C=O) groups excluding carboxylic acids is 2. The molecule has 1 aromatic rings. The summed E-state index contributed by atoms with van der Waals surface area (Å²) in [6.45, 7) is 7.50. The quantitative estimate of drug-likeness (QED) is 0.895. The third-order valence-electron chi connectivity index (χ3n) is 5.52. The van der Waals surface area contributed by atoms with Gasteiger partial charge in [-0.05, 0) is 44.2 Å². The summed E-state index contributed by atoms with van der Waals surface area (Å²) in [5, 5.41) is 3.04. The lowest BCUT2D eigenvalue weighted by Gasteiger charge is -2.34. The second-order valence-corrected chi connectivity index (χ2v) is 7.34. The number of rotatable bonds is 4. The van der Waals surface area contributed by atoms with Crippen LogP contribution in [0.1, 0.15) is 26.2 Å². The van der Waals surface area contributed by atoms with Crippen LogP contribution in [-0.4, -0.2) is 67.9 Å². The fraction of sp³-hybridized carbons (Fsp3) is 0.600. The van der Waals surface area contributed by atoms with Crippen molar-refractivity contribution in [3.05, 3.63) is 24.3 Å². The summed E-state index contributed by atoms with van der Waals surface area (Å²) in [6.07, 6.45) is 2.03. The number of carbonyl (C=O) groups is 2. The molecule has 142 valence electrons. The fourth-order valence-electron chi connectivity index (χ4n) is 3.68. The predicted molar refractivity (Wildman–Crippen MR) is 104 cm³/mol. The van der Waals surface area contributed by atoms with Crippen molar-refractivity contribution in [3.8, 4) is 0 Å². The Hall–Kier alpha value is -2.08. The maximum Gasteiger partial charge on any atom is 0.227 e. The molecule has 0 bridgehead atoms. The minimum atomic E-state index is -0.00628. The van der Waals surface area contributed by atoms with Gasteiger partial charge in [0.15, 0.2) is 0 Å². The van der Waals surface area contributed by atoms with Gasteiger partial charge in [-0.1, -0.05) is 6.92 Å². The lowest BCUT2D eigenvalue weighted by Crippen LogP contribution is -2.44. The normalized spacial score (nSPS) is 19.5. The second kappa shape index (κ2) is 8.54. The van der Waals surface area contributed by atoms with Gasteiger partial charge in [-0.15, -0.1) is 0 Å². The zero-order valence-corrected chi connectivity index (χ0v) is 15.9. The zero-order chi connectivity index (χ0) is 18.5. The highest BCUT2D eigenvalue weighted by Gasteiger charge is 2.26. The standard InChI is InChI=1S/C20H30N4O2/c1-3-19(25)24-10-8-16(9-11-24)20(26)21-17-4-6-18(7-5-17)23-14-12-22(2)13-15-23/h4-7,16H,3,8-15H2,1-2H3,(H,21,26). The van der Waals surface area contributed by atoms with E-state index < -0.39 is 0 Å². The average molecular weight is 358 g/mol. The van der Waals surface area contributed by atoms with Crippen molar-refractivity contribution < 1.29 is 9.59 Å². The molecule has 2 fully saturated rings. The Balaban J connectivity index is 1.50. The lowest BCUT2D eigenvalue weighted by molar-refractivity contribution is -0.134. The Kier molecular flexibility index (Phi) is 6.14. The molecule has 6 nitrogen and oxygen atoms in total. The smallest absolute Gasteiger partial charge is 0.227 e. The molecule has 2 heterocycles. The van der Waals surface area contributed by atoms with Crippen LogP contribution in [0.5, 0.6) is 0 Å².